The monoisotopic (exact) mass is 295 g/mol. The molecule has 0 fully saturated rings. The molecule has 0 aromatic heterocycles. The van der Waals surface area contributed by atoms with Gasteiger partial charge in [-0.25, -0.2) is 0 Å². The highest BCUT2D eigenvalue weighted by atomic mass is 79.9. The van der Waals surface area contributed by atoms with E-state index in [1.54, 1.807) is 6.07 Å². The van der Waals surface area contributed by atoms with Crippen molar-refractivity contribution in [2.24, 2.45) is 0 Å². The Balaban J connectivity index is 2.33. The molecule has 0 aliphatic heterocycles. The number of hydrogen-bond acceptors (Lipinski definition) is 2. The summed E-state index contributed by atoms with van der Waals surface area (Å²) in [6.45, 7) is 8.88. The van der Waals surface area contributed by atoms with E-state index in [1.807, 2.05) is 6.07 Å². The predicted molar refractivity (Wildman–Crippen MR) is 74.7 cm³/mol. The largest absolute Gasteiger partial charge is 0.508 e. The fraction of sp³-hybridized carbons (Fsp3) is 0.429. The first-order chi connectivity index (χ1) is 8.00. The molecule has 0 radical (unpaired) electrons. The van der Waals surface area contributed by atoms with Gasteiger partial charge < -0.3 is 10.4 Å². The average molecular weight is 296 g/mol. The van der Waals surface area contributed by atoms with Crippen LogP contribution in [-0.2, 0) is 0 Å². The molecule has 1 aromatic carbocycles. The van der Waals surface area contributed by atoms with E-state index < -0.39 is 0 Å². The zero-order valence-electron chi connectivity index (χ0n) is 10.3. The second-order valence-corrected chi connectivity index (χ2v) is 5.94. The van der Waals surface area contributed by atoms with E-state index in [-0.39, 0.29) is 6.04 Å². The van der Waals surface area contributed by atoms with Crippen molar-refractivity contribution in [3.8, 4) is 5.75 Å². The average Bonchev–Trinajstić information content (AvgIpc) is 2.59. The lowest BCUT2D eigenvalue weighted by Crippen LogP contribution is -2.20. The Bertz CT molecular complexity index is 456. The second kappa shape index (κ2) is 4.83. The molecule has 3 heteroatoms. The summed E-state index contributed by atoms with van der Waals surface area (Å²) in [5.74, 6) is 0.908. The minimum atomic E-state index is 0.231. The summed E-state index contributed by atoms with van der Waals surface area (Å²) in [6, 6.07) is 4.02. The first kappa shape index (κ1) is 12.7. The van der Waals surface area contributed by atoms with Crippen LogP contribution in [-0.4, -0.2) is 11.7 Å². The molecule has 17 heavy (non-hydrogen) atoms. The molecule has 0 spiro atoms. The molecule has 92 valence electrons. The van der Waals surface area contributed by atoms with E-state index in [0.29, 0.717) is 11.7 Å². The maximum atomic E-state index is 10.0. The highest BCUT2D eigenvalue weighted by Crippen LogP contribution is 2.45. The molecule has 0 heterocycles. The number of halogens is 1. The third kappa shape index (κ3) is 2.40. The van der Waals surface area contributed by atoms with Gasteiger partial charge in [0.2, 0.25) is 0 Å². The Kier molecular flexibility index (Phi) is 3.59. The van der Waals surface area contributed by atoms with Crippen LogP contribution in [0, 0.1) is 6.92 Å². The summed E-state index contributed by atoms with van der Waals surface area (Å²) in [7, 11) is 0. The van der Waals surface area contributed by atoms with E-state index in [2.05, 4.69) is 41.7 Å². The second-order valence-electron chi connectivity index (χ2n) is 4.82. The number of rotatable bonds is 3. The minimum Gasteiger partial charge on any atom is -0.508 e. The highest BCUT2D eigenvalue weighted by Gasteiger charge is 2.31. The third-order valence-corrected chi connectivity index (χ3v) is 3.73. The van der Waals surface area contributed by atoms with Crippen molar-refractivity contribution >= 4 is 15.9 Å². The van der Waals surface area contributed by atoms with Gasteiger partial charge in [0.25, 0.3) is 0 Å². The summed E-state index contributed by atoms with van der Waals surface area (Å²) < 4.78 is 0.936. The molecule has 0 bridgehead atoms. The maximum Gasteiger partial charge on any atom is 0.120 e. The van der Waals surface area contributed by atoms with Gasteiger partial charge in [0.05, 0.1) is 0 Å². The minimum absolute atomic E-state index is 0.231. The molecule has 2 rings (SSSR count). The van der Waals surface area contributed by atoms with Crippen LogP contribution in [0.1, 0.15) is 42.0 Å². The lowest BCUT2D eigenvalue weighted by molar-refractivity contribution is 0.451. The van der Waals surface area contributed by atoms with Crippen LogP contribution in [0.25, 0.3) is 0 Å². The van der Waals surface area contributed by atoms with E-state index in [0.717, 1.165) is 23.0 Å². The van der Waals surface area contributed by atoms with Crippen LogP contribution in [0.5, 0.6) is 5.75 Å². The molecule has 0 amide bonds. The molecular weight excluding hydrogens is 278 g/mol. The summed E-state index contributed by atoms with van der Waals surface area (Å²) in [5.41, 5.74) is 3.65. The van der Waals surface area contributed by atoms with Crippen molar-refractivity contribution in [2.45, 2.75) is 32.2 Å². The van der Waals surface area contributed by atoms with E-state index >= 15 is 0 Å². The number of fused-ring (bicyclic) bond motifs is 1. The molecule has 1 aromatic rings. The fourth-order valence-corrected chi connectivity index (χ4v) is 2.92. The van der Waals surface area contributed by atoms with Crippen molar-refractivity contribution in [1.82, 2.24) is 5.32 Å². The van der Waals surface area contributed by atoms with Gasteiger partial charge in [-0.05, 0) is 36.5 Å². The standard InChI is InChI=1S/C14H18BrNO/c1-8-4-5-12(17)14-11(16-7-10(3)15)6-9(2)13(8)14/h4-5,9,11,16-17H,3,6-7H2,1-2H3. The number of phenolic OH excluding ortho intramolecular Hbond substituents is 1. The molecule has 2 unspecified atom stereocenters. The Morgan fingerprint density at radius 1 is 1.53 bits per heavy atom. The van der Waals surface area contributed by atoms with Crippen molar-refractivity contribution < 1.29 is 5.11 Å². The van der Waals surface area contributed by atoms with Crippen LogP contribution >= 0.6 is 15.9 Å². The van der Waals surface area contributed by atoms with Gasteiger partial charge in [-0.2, -0.15) is 0 Å². The molecule has 1 aliphatic rings. The smallest absolute Gasteiger partial charge is 0.120 e. The third-order valence-electron chi connectivity index (χ3n) is 3.45. The molecular formula is C14H18BrNO. The Labute approximate surface area is 111 Å². The van der Waals surface area contributed by atoms with Crippen molar-refractivity contribution in [3.63, 3.8) is 0 Å². The zero-order valence-corrected chi connectivity index (χ0v) is 11.8. The maximum absolute atomic E-state index is 10.0. The molecule has 2 atom stereocenters. The molecule has 1 aliphatic carbocycles. The van der Waals surface area contributed by atoms with Gasteiger partial charge in [0.1, 0.15) is 5.75 Å². The molecule has 2 nitrogen and oxygen atoms in total. The highest BCUT2D eigenvalue weighted by molar-refractivity contribution is 9.11. The molecule has 2 N–H and O–H groups in total. The number of benzene rings is 1. The van der Waals surface area contributed by atoms with Crippen LogP contribution < -0.4 is 5.32 Å². The number of aromatic hydroxyl groups is 1. The number of aryl methyl sites for hydroxylation is 1. The normalized spacial score (nSPS) is 22.5. The first-order valence-corrected chi connectivity index (χ1v) is 6.69. The van der Waals surface area contributed by atoms with Crippen LogP contribution in [0.15, 0.2) is 23.2 Å². The lowest BCUT2D eigenvalue weighted by atomic mass is 9.97. The van der Waals surface area contributed by atoms with Gasteiger partial charge in [0, 0.05) is 22.6 Å². The number of nitrogens with one attached hydrogen (secondary N) is 1. The Morgan fingerprint density at radius 3 is 2.88 bits per heavy atom. The SMILES string of the molecule is C=C(Br)CNC1CC(C)c2c(C)ccc(O)c21. The summed E-state index contributed by atoms with van der Waals surface area (Å²) in [5, 5.41) is 13.5. The van der Waals surface area contributed by atoms with Crippen molar-refractivity contribution in [1.29, 1.82) is 0 Å². The van der Waals surface area contributed by atoms with E-state index in [4.69, 9.17) is 0 Å². The van der Waals surface area contributed by atoms with Crippen LogP contribution in [0.3, 0.4) is 0 Å². The van der Waals surface area contributed by atoms with Crippen LogP contribution in [0.2, 0.25) is 0 Å². The molecule has 0 saturated heterocycles. The lowest BCUT2D eigenvalue weighted by Gasteiger charge is -2.15. The quantitative estimate of drug-likeness (QED) is 0.890. The van der Waals surface area contributed by atoms with Crippen LogP contribution in [0.4, 0.5) is 0 Å². The van der Waals surface area contributed by atoms with Gasteiger partial charge in [-0.1, -0.05) is 35.5 Å². The first-order valence-electron chi connectivity index (χ1n) is 5.89. The van der Waals surface area contributed by atoms with Crippen molar-refractivity contribution in [3.05, 3.63) is 39.9 Å². The fourth-order valence-electron chi connectivity index (χ4n) is 2.76. The summed E-state index contributed by atoms with van der Waals surface area (Å²) in [4.78, 5) is 0. The van der Waals surface area contributed by atoms with Gasteiger partial charge >= 0.3 is 0 Å². The zero-order chi connectivity index (χ0) is 12.6. The summed E-state index contributed by atoms with van der Waals surface area (Å²) in [6.07, 6.45) is 1.04. The predicted octanol–water partition coefficient (Wildman–Crippen LogP) is 3.75. The van der Waals surface area contributed by atoms with E-state index in [1.165, 1.54) is 11.1 Å². The van der Waals surface area contributed by atoms with Gasteiger partial charge in [-0.3, -0.25) is 0 Å². The van der Waals surface area contributed by atoms with E-state index in [9.17, 15) is 5.11 Å². The Hall–Kier alpha value is -0.800. The summed E-state index contributed by atoms with van der Waals surface area (Å²) >= 11 is 3.35. The topological polar surface area (TPSA) is 32.3 Å². The Morgan fingerprint density at radius 2 is 2.24 bits per heavy atom. The van der Waals surface area contributed by atoms with Gasteiger partial charge in [-0.15, -0.1) is 0 Å². The van der Waals surface area contributed by atoms with Crippen molar-refractivity contribution in [2.75, 3.05) is 6.54 Å². The number of hydrogen-bond donors (Lipinski definition) is 2. The molecule has 0 saturated carbocycles. The van der Waals surface area contributed by atoms with Gasteiger partial charge in [0.15, 0.2) is 0 Å². The number of phenols is 1.